The summed E-state index contributed by atoms with van der Waals surface area (Å²) in [7, 11) is 0. The van der Waals surface area contributed by atoms with Gasteiger partial charge in [-0.2, -0.15) is 5.26 Å². The predicted molar refractivity (Wildman–Crippen MR) is 110 cm³/mol. The van der Waals surface area contributed by atoms with Gasteiger partial charge in [-0.15, -0.1) is 0 Å². The molecule has 0 unspecified atom stereocenters. The molecule has 0 saturated carbocycles. The van der Waals surface area contributed by atoms with Crippen molar-refractivity contribution in [3.05, 3.63) is 92.7 Å². The molecule has 1 heterocycles. The van der Waals surface area contributed by atoms with Gasteiger partial charge in [-0.1, -0.05) is 53.5 Å². The molecule has 2 aromatic carbocycles. The number of rotatable bonds is 4. The van der Waals surface area contributed by atoms with Gasteiger partial charge < -0.3 is 4.57 Å². The fraction of sp³-hybridized carbons (Fsp3) is 0.0909. The number of Topliss-reactive ketones (excluding diaryl/α,β-unsaturated/α-hetero) is 1. The number of ketones is 1. The third-order valence-corrected chi connectivity index (χ3v) is 5.07. The SMILES string of the molecule is Cc1cc(/C=C(\C#N)C(=O)c2ccccc2)c(C)n1-c1ccc(Cl)c(Cl)c1. The minimum atomic E-state index is -0.294. The highest BCUT2D eigenvalue weighted by Crippen LogP contribution is 2.28. The van der Waals surface area contributed by atoms with Crippen molar-refractivity contribution in [2.24, 2.45) is 0 Å². The van der Waals surface area contributed by atoms with Gasteiger partial charge in [0.15, 0.2) is 0 Å². The van der Waals surface area contributed by atoms with Crippen molar-refractivity contribution in [3.63, 3.8) is 0 Å². The number of nitriles is 1. The lowest BCUT2D eigenvalue weighted by Crippen LogP contribution is -2.02. The van der Waals surface area contributed by atoms with Gasteiger partial charge in [0.05, 0.1) is 10.0 Å². The Bertz CT molecular complexity index is 1090. The smallest absolute Gasteiger partial charge is 0.203 e. The second kappa shape index (κ2) is 7.84. The number of carbonyl (C=O) groups is 1. The van der Waals surface area contributed by atoms with E-state index in [9.17, 15) is 10.1 Å². The third-order valence-electron chi connectivity index (χ3n) is 4.33. The fourth-order valence-corrected chi connectivity index (χ4v) is 3.30. The first kappa shape index (κ1) is 19.0. The average Bonchev–Trinajstić information content (AvgIpc) is 2.95. The highest BCUT2D eigenvalue weighted by atomic mass is 35.5. The van der Waals surface area contributed by atoms with Crippen molar-refractivity contribution in [1.82, 2.24) is 4.57 Å². The van der Waals surface area contributed by atoms with Crippen LogP contribution in [0, 0.1) is 25.2 Å². The first-order valence-corrected chi connectivity index (χ1v) is 9.04. The summed E-state index contributed by atoms with van der Waals surface area (Å²) in [5, 5.41) is 10.4. The topological polar surface area (TPSA) is 45.8 Å². The molecule has 0 N–H and O–H groups in total. The van der Waals surface area contributed by atoms with Crippen LogP contribution in [-0.2, 0) is 0 Å². The number of aryl methyl sites for hydroxylation is 1. The zero-order chi connectivity index (χ0) is 19.6. The highest BCUT2D eigenvalue weighted by molar-refractivity contribution is 6.42. The van der Waals surface area contributed by atoms with Gasteiger partial charge in [0.1, 0.15) is 11.6 Å². The molecule has 5 heteroatoms. The minimum absolute atomic E-state index is 0.0931. The average molecular weight is 395 g/mol. The van der Waals surface area contributed by atoms with Crippen LogP contribution in [0.4, 0.5) is 0 Å². The monoisotopic (exact) mass is 394 g/mol. The molecule has 0 amide bonds. The maximum atomic E-state index is 12.6. The van der Waals surface area contributed by atoms with E-state index in [1.807, 2.05) is 42.7 Å². The third kappa shape index (κ3) is 3.83. The molecule has 0 radical (unpaired) electrons. The maximum Gasteiger partial charge on any atom is 0.203 e. The lowest BCUT2D eigenvalue weighted by atomic mass is 10.0. The maximum absolute atomic E-state index is 12.6. The summed E-state index contributed by atoms with van der Waals surface area (Å²) in [6.07, 6.45) is 1.63. The Morgan fingerprint density at radius 1 is 1.04 bits per heavy atom. The number of nitrogens with zero attached hydrogens (tertiary/aromatic N) is 2. The lowest BCUT2D eigenvalue weighted by molar-refractivity contribution is 0.104. The van der Waals surface area contributed by atoms with Crippen molar-refractivity contribution in [2.75, 3.05) is 0 Å². The first-order chi connectivity index (χ1) is 12.9. The van der Waals surface area contributed by atoms with E-state index in [0.29, 0.717) is 15.6 Å². The summed E-state index contributed by atoms with van der Waals surface area (Å²) >= 11 is 12.2. The van der Waals surface area contributed by atoms with Crippen LogP contribution in [0.5, 0.6) is 0 Å². The van der Waals surface area contributed by atoms with Crippen molar-refractivity contribution in [1.29, 1.82) is 5.26 Å². The van der Waals surface area contributed by atoms with Gasteiger partial charge in [0.2, 0.25) is 5.78 Å². The molecule has 1 aromatic heterocycles. The molecule has 27 heavy (non-hydrogen) atoms. The Morgan fingerprint density at radius 2 is 1.74 bits per heavy atom. The number of hydrogen-bond acceptors (Lipinski definition) is 2. The van der Waals surface area contributed by atoms with Gasteiger partial charge in [-0.3, -0.25) is 4.79 Å². The van der Waals surface area contributed by atoms with Crippen molar-refractivity contribution in [2.45, 2.75) is 13.8 Å². The molecular weight excluding hydrogens is 379 g/mol. The highest BCUT2D eigenvalue weighted by Gasteiger charge is 2.15. The van der Waals surface area contributed by atoms with E-state index in [2.05, 4.69) is 0 Å². The Hall–Kier alpha value is -2.80. The van der Waals surface area contributed by atoms with Crippen LogP contribution in [0.25, 0.3) is 11.8 Å². The van der Waals surface area contributed by atoms with E-state index < -0.39 is 0 Å². The predicted octanol–water partition coefficient (Wildman–Crippen LogP) is 6.19. The van der Waals surface area contributed by atoms with Crippen LogP contribution in [0.3, 0.4) is 0 Å². The number of benzene rings is 2. The van der Waals surface area contributed by atoms with Crippen LogP contribution in [-0.4, -0.2) is 10.4 Å². The number of aromatic nitrogens is 1. The number of allylic oxidation sites excluding steroid dienone is 1. The summed E-state index contributed by atoms with van der Waals surface area (Å²) < 4.78 is 2.01. The van der Waals surface area contributed by atoms with E-state index in [1.54, 1.807) is 42.5 Å². The molecule has 134 valence electrons. The molecular formula is C22H16Cl2N2O. The van der Waals surface area contributed by atoms with Crippen molar-refractivity contribution in [3.8, 4) is 11.8 Å². The lowest BCUT2D eigenvalue weighted by Gasteiger charge is -2.10. The fourth-order valence-electron chi connectivity index (χ4n) is 3.00. The summed E-state index contributed by atoms with van der Waals surface area (Å²) in [6.45, 7) is 3.89. The number of carbonyl (C=O) groups excluding carboxylic acids is 1. The summed E-state index contributed by atoms with van der Waals surface area (Å²) in [4.78, 5) is 12.6. The van der Waals surface area contributed by atoms with Crippen LogP contribution >= 0.6 is 23.2 Å². The Labute approximate surface area is 168 Å². The van der Waals surface area contributed by atoms with E-state index >= 15 is 0 Å². The van der Waals surface area contributed by atoms with Crippen molar-refractivity contribution < 1.29 is 4.79 Å². The second-order valence-corrected chi connectivity index (χ2v) is 6.94. The van der Waals surface area contributed by atoms with E-state index in [-0.39, 0.29) is 11.4 Å². The molecule has 0 aliphatic carbocycles. The molecule has 3 rings (SSSR count). The van der Waals surface area contributed by atoms with Gasteiger partial charge in [-0.25, -0.2) is 0 Å². The molecule has 0 saturated heterocycles. The molecule has 0 fully saturated rings. The summed E-state index contributed by atoms with van der Waals surface area (Å²) in [6, 6.07) is 18.2. The molecule has 0 spiro atoms. The molecule has 3 aromatic rings. The normalized spacial score (nSPS) is 11.3. The number of halogens is 2. The standard InChI is InChI=1S/C22H16Cl2N2O/c1-14-10-17(11-18(13-25)22(27)16-6-4-3-5-7-16)15(2)26(14)19-8-9-20(23)21(24)12-19/h3-12H,1-2H3/b18-11+. The molecule has 0 aliphatic heterocycles. The van der Waals surface area contributed by atoms with Gasteiger partial charge in [0.25, 0.3) is 0 Å². The molecule has 0 bridgehead atoms. The van der Waals surface area contributed by atoms with Crippen molar-refractivity contribution >= 4 is 35.1 Å². The Morgan fingerprint density at radius 3 is 2.37 bits per heavy atom. The quantitative estimate of drug-likeness (QED) is 0.300. The Kier molecular flexibility index (Phi) is 5.51. The molecule has 0 atom stereocenters. The largest absolute Gasteiger partial charge is 0.318 e. The van der Waals surface area contributed by atoms with E-state index in [0.717, 1.165) is 22.6 Å². The van der Waals surface area contributed by atoms with Crippen LogP contribution < -0.4 is 0 Å². The zero-order valence-corrected chi connectivity index (χ0v) is 16.3. The molecule has 3 nitrogen and oxygen atoms in total. The number of hydrogen-bond donors (Lipinski definition) is 0. The second-order valence-electron chi connectivity index (χ2n) is 6.13. The summed E-state index contributed by atoms with van der Waals surface area (Å²) in [5.74, 6) is -0.294. The van der Waals surface area contributed by atoms with Gasteiger partial charge >= 0.3 is 0 Å². The van der Waals surface area contributed by atoms with E-state index in [4.69, 9.17) is 23.2 Å². The van der Waals surface area contributed by atoms with Gasteiger partial charge in [0, 0.05) is 22.6 Å². The molecule has 0 aliphatic rings. The Balaban J connectivity index is 2.05. The van der Waals surface area contributed by atoms with Crippen LogP contribution in [0.1, 0.15) is 27.3 Å². The first-order valence-electron chi connectivity index (χ1n) is 8.28. The van der Waals surface area contributed by atoms with Gasteiger partial charge in [-0.05, 0) is 49.8 Å². The summed E-state index contributed by atoms with van der Waals surface area (Å²) in [5.41, 5.74) is 4.12. The zero-order valence-electron chi connectivity index (χ0n) is 14.8. The van der Waals surface area contributed by atoms with E-state index in [1.165, 1.54) is 0 Å². The minimum Gasteiger partial charge on any atom is -0.318 e. The van der Waals surface area contributed by atoms with Crippen LogP contribution in [0.15, 0.2) is 60.2 Å². The van der Waals surface area contributed by atoms with Crippen LogP contribution in [0.2, 0.25) is 10.0 Å².